The smallest absolute Gasteiger partial charge is 0.142 e. The normalized spacial score (nSPS) is 12.5. The standard InChI is InChI=1S/C14H10Cl2F2/c1-8-7-9(5-6-11(8)17)13(15)10-3-2-4-12(18)14(10)16/h2-7,13H,1H3. The molecule has 0 fully saturated rings. The van der Waals surface area contributed by atoms with Gasteiger partial charge in [-0.15, -0.1) is 11.6 Å². The number of rotatable bonds is 2. The Morgan fingerprint density at radius 1 is 1.06 bits per heavy atom. The highest BCUT2D eigenvalue weighted by molar-refractivity contribution is 6.33. The van der Waals surface area contributed by atoms with Crippen LogP contribution in [0.2, 0.25) is 5.02 Å². The van der Waals surface area contributed by atoms with Gasteiger partial charge in [0, 0.05) is 0 Å². The van der Waals surface area contributed by atoms with Crippen LogP contribution in [0.5, 0.6) is 0 Å². The minimum atomic E-state index is -0.604. The SMILES string of the molecule is Cc1cc(C(Cl)c2cccc(F)c2Cl)ccc1F. The third-order valence-electron chi connectivity index (χ3n) is 2.73. The Kier molecular flexibility index (Phi) is 3.88. The van der Waals surface area contributed by atoms with Crippen molar-refractivity contribution in [2.75, 3.05) is 0 Å². The summed E-state index contributed by atoms with van der Waals surface area (Å²) in [6.07, 6.45) is 0. The van der Waals surface area contributed by atoms with Crippen molar-refractivity contribution in [3.63, 3.8) is 0 Å². The summed E-state index contributed by atoms with van der Waals surface area (Å²) in [5.74, 6) is -0.813. The van der Waals surface area contributed by atoms with Gasteiger partial charge in [-0.3, -0.25) is 0 Å². The summed E-state index contributed by atoms with van der Waals surface area (Å²) in [7, 11) is 0. The number of halogens is 4. The molecule has 4 heteroatoms. The van der Waals surface area contributed by atoms with Crippen LogP contribution in [0.4, 0.5) is 8.78 Å². The molecule has 1 unspecified atom stereocenters. The van der Waals surface area contributed by atoms with Gasteiger partial charge in [0.2, 0.25) is 0 Å². The van der Waals surface area contributed by atoms with E-state index in [1.54, 1.807) is 31.2 Å². The van der Waals surface area contributed by atoms with Crippen molar-refractivity contribution in [2.24, 2.45) is 0 Å². The molecule has 0 aromatic heterocycles. The van der Waals surface area contributed by atoms with E-state index in [0.717, 1.165) is 0 Å². The maximum absolute atomic E-state index is 13.3. The van der Waals surface area contributed by atoms with Crippen LogP contribution >= 0.6 is 23.2 Å². The lowest BCUT2D eigenvalue weighted by Crippen LogP contribution is -1.97. The number of hydrogen-bond acceptors (Lipinski definition) is 0. The molecule has 0 aliphatic heterocycles. The van der Waals surface area contributed by atoms with Crippen LogP contribution in [0.15, 0.2) is 36.4 Å². The van der Waals surface area contributed by atoms with Gasteiger partial charge < -0.3 is 0 Å². The minimum absolute atomic E-state index is 0.000483. The average molecular weight is 287 g/mol. The zero-order chi connectivity index (χ0) is 13.3. The molecule has 2 aromatic carbocycles. The molecule has 0 spiro atoms. The second-order valence-electron chi connectivity index (χ2n) is 4.01. The van der Waals surface area contributed by atoms with Crippen LogP contribution in [0, 0.1) is 18.6 Å². The summed E-state index contributed by atoms with van der Waals surface area (Å²) in [5.41, 5.74) is 1.65. The molecular weight excluding hydrogens is 277 g/mol. The van der Waals surface area contributed by atoms with Gasteiger partial charge in [0.05, 0.1) is 10.4 Å². The summed E-state index contributed by atoms with van der Waals surface area (Å²) in [4.78, 5) is 0. The molecule has 0 heterocycles. The molecule has 94 valence electrons. The fourth-order valence-corrected chi connectivity index (χ4v) is 2.33. The zero-order valence-corrected chi connectivity index (χ0v) is 11.1. The largest absolute Gasteiger partial charge is 0.207 e. The topological polar surface area (TPSA) is 0 Å². The van der Waals surface area contributed by atoms with Gasteiger partial charge in [0.25, 0.3) is 0 Å². The quantitative estimate of drug-likeness (QED) is 0.661. The first-order valence-electron chi connectivity index (χ1n) is 5.34. The summed E-state index contributed by atoms with van der Waals surface area (Å²) < 4.78 is 26.5. The molecule has 0 aliphatic carbocycles. The van der Waals surface area contributed by atoms with E-state index in [-0.39, 0.29) is 10.8 Å². The van der Waals surface area contributed by atoms with E-state index in [0.29, 0.717) is 16.7 Å². The fraction of sp³-hybridized carbons (Fsp3) is 0.143. The first-order valence-corrected chi connectivity index (χ1v) is 6.16. The average Bonchev–Trinajstić information content (AvgIpc) is 2.35. The van der Waals surface area contributed by atoms with Crippen LogP contribution in [-0.4, -0.2) is 0 Å². The Morgan fingerprint density at radius 3 is 2.44 bits per heavy atom. The molecule has 0 radical (unpaired) electrons. The first-order chi connectivity index (χ1) is 8.50. The van der Waals surface area contributed by atoms with Gasteiger partial charge in [0.1, 0.15) is 11.6 Å². The third kappa shape index (κ3) is 2.50. The molecule has 1 atom stereocenters. The van der Waals surface area contributed by atoms with E-state index < -0.39 is 11.2 Å². The monoisotopic (exact) mass is 286 g/mol. The van der Waals surface area contributed by atoms with Gasteiger partial charge in [-0.25, -0.2) is 8.78 Å². The van der Waals surface area contributed by atoms with Gasteiger partial charge in [-0.2, -0.15) is 0 Å². The highest BCUT2D eigenvalue weighted by Crippen LogP contribution is 2.35. The lowest BCUT2D eigenvalue weighted by molar-refractivity contribution is 0.617. The maximum Gasteiger partial charge on any atom is 0.142 e. The molecule has 18 heavy (non-hydrogen) atoms. The maximum atomic E-state index is 13.3. The van der Waals surface area contributed by atoms with E-state index in [1.165, 1.54) is 12.1 Å². The second-order valence-corrected chi connectivity index (χ2v) is 4.83. The van der Waals surface area contributed by atoms with Crippen molar-refractivity contribution in [1.29, 1.82) is 0 Å². The van der Waals surface area contributed by atoms with Crippen molar-refractivity contribution in [3.05, 3.63) is 69.7 Å². The Morgan fingerprint density at radius 2 is 1.78 bits per heavy atom. The molecule has 0 bridgehead atoms. The van der Waals surface area contributed by atoms with Gasteiger partial charge in [-0.1, -0.05) is 35.9 Å². The highest BCUT2D eigenvalue weighted by Gasteiger charge is 2.17. The van der Waals surface area contributed by atoms with Crippen molar-refractivity contribution >= 4 is 23.2 Å². The Balaban J connectivity index is 2.44. The molecule has 0 saturated heterocycles. The predicted octanol–water partition coefficient (Wildman–Crippen LogP) is 5.25. The highest BCUT2D eigenvalue weighted by atomic mass is 35.5. The van der Waals surface area contributed by atoms with Crippen LogP contribution < -0.4 is 0 Å². The lowest BCUT2D eigenvalue weighted by atomic mass is 10.0. The van der Waals surface area contributed by atoms with Crippen LogP contribution in [0.3, 0.4) is 0 Å². The van der Waals surface area contributed by atoms with E-state index in [2.05, 4.69) is 0 Å². The van der Waals surface area contributed by atoms with E-state index >= 15 is 0 Å². The predicted molar refractivity (Wildman–Crippen MR) is 70.2 cm³/mol. The van der Waals surface area contributed by atoms with E-state index in [9.17, 15) is 8.78 Å². The molecule has 0 nitrogen and oxygen atoms in total. The zero-order valence-electron chi connectivity index (χ0n) is 9.55. The van der Waals surface area contributed by atoms with Crippen molar-refractivity contribution in [3.8, 4) is 0 Å². The molecule has 0 aliphatic rings. The molecule has 0 saturated carbocycles. The Hall–Kier alpha value is -1.12. The Labute approximate surface area is 114 Å². The number of hydrogen-bond donors (Lipinski definition) is 0. The summed E-state index contributed by atoms with van der Waals surface area (Å²) in [6.45, 7) is 1.65. The second kappa shape index (κ2) is 5.25. The van der Waals surface area contributed by atoms with Crippen molar-refractivity contribution < 1.29 is 8.78 Å². The van der Waals surface area contributed by atoms with Crippen LogP contribution in [0.25, 0.3) is 0 Å². The molecule has 0 amide bonds. The van der Waals surface area contributed by atoms with Crippen LogP contribution in [-0.2, 0) is 0 Å². The third-order valence-corrected chi connectivity index (χ3v) is 3.62. The van der Waals surface area contributed by atoms with E-state index in [1.807, 2.05) is 0 Å². The van der Waals surface area contributed by atoms with Gasteiger partial charge >= 0.3 is 0 Å². The molecule has 2 rings (SSSR count). The number of aryl methyl sites for hydroxylation is 1. The summed E-state index contributed by atoms with van der Waals surface area (Å²) in [5, 5.41) is -0.605. The lowest BCUT2D eigenvalue weighted by Gasteiger charge is -2.13. The molecule has 2 aromatic rings. The fourth-order valence-electron chi connectivity index (χ4n) is 1.72. The Bertz CT molecular complexity index is 582. The number of alkyl halides is 1. The van der Waals surface area contributed by atoms with Crippen molar-refractivity contribution in [2.45, 2.75) is 12.3 Å². The summed E-state index contributed by atoms with van der Waals surface area (Å²) in [6, 6.07) is 9.01. The number of benzene rings is 2. The van der Waals surface area contributed by atoms with E-state index in [4.69, 9.17) is 23.2 Å². The molecule has 0 N–H and O–H groups in total. The molecular formula is C14H10Cl2F2. The van der Waals surface area contributed by atoms with Crippen LogP contribution in [0.1, 0.15) is 22.1 Å². The van der Waals surface area contributed by atoms with Gasteiger partial charge in [0.15, 0.2) is 0 Å². The van der Waals surface area contributed by atoms with Crippen molar-refractivity contribution in [1.82, 2.24) is 0 Å². The first kappa shape index (κ1) is 13.3. The summed E-state index contributed by atoms with van der Waals surface area (Å²) >= 11 is 12.1. The minimum Gasteiger partial charge on any atom is -0.207 e. The van der Waals surface area contributed by atoms with Gasteiger partial charge in [-0.05, 0) is 35.7 Å².